The van der Waals surface area contributed by atoms with E-state index in [2.05, 4.69) is 20.9 Å². The molecular formula is C18H19BrN2O4S. The molecule has 0 radical (unpaired) electrons. The Labute approximate surface area is 165 Å². The Morgan fingerprint density at radius 2 is 2.12 bits per heavy atom. The number of allylic oxidation sites excluding steroid dienone is 1. The molecule has 0 amide bonds. The zero-order chi connectivity index (χ0) is 18.8. The van der Waals surface area contributed by atoms with Gasteiger partial charge in [-0.15, -0.1) is 0 Å². The lowest BCUT2D eigenvalue weighted by molar-refractivity contribution is -0.139. The summed E-state index contributed by atoms with van der Waals surface area (Å²) in [5, 5.41) is 2.77. The number of hydrogen-bond acceptors (Lipinski definition) is 7. The fourth-order valence-corrected chi connectivity index (χ4v) is 4.41. The molecule has 2 aliphatic heterocycles. The van der Waals surface area contributed by atoms with E-state index in [0.717, 1.165) is 15.2 Å². The number of rotatable bonds is 5. The first-order valence-corrected chi connectivity index (χ1v) is 9.68. The minimum absolute atomic E-state index is 0.305. The second-order valence-corrected chi connectivity index (χ2v) is 7.29. The van der Waals surface area contributed by atoms with Crippen molar-refractivity contribution in [2.24, 2.45) is 4.99 Å². The number of carbonyl (C=O) groups is 1. The Morgan fingerprint density at radius 1 is 1.35 bits per heavy atom. The number of esters is 1. The maximum Gasteiger partial charge on any atom is 0.338 e. The predicted molar refractivity (Wildman–Crippen MR) is 105 cm³/mol. The zero-order valence-electron chi connectivity index (χ0n) is 14.9. The van der Waals surface area contributed by atoms with E-state index in [1.807, 2.05) is 35.6 Å². The van der Waals surface area contributed by atoms with Gasteiger partial charge in [0.2, 0.25) is 0 Å². The van der Waals surface area contributed by atoms with E-state index in [1.165, 1.54) is 11.8 Å². The van der Waals surface area contributed by atoms with Gasteiger partial charge in [-0.05, 0) is 52.9 Å². The van der Waals surface area contributed by atoms with Crippen molar-refractivity contribution in [3.05, 3.63) is 45.0 Å². The van der Waals surface area contributed by atoms with Crippen molar-refractivity contribution in [2.75, 3.05) is 20.8 Å². The van der Waals surface area contributed by atoms with Crippen LogP contribution in [0.3, 0.4) is 0 Å². The number of carbonyl (C=O) groups excluding carboxylic acids is 1. The molecule has 6 nitrogen and oxygen atoms in total. The minimum Gasteiger partial charge on any atom is -0.493 e. The van der Waals surface area contributed by atoms with Crippen molar-refractivity contribution in [1.82, 2.24) is 4.90 Å². The quantitative estimate of drug-likeness (QED) is 0.640. The third-order valence-corrected chi connectivity index (χ3v) is 5.45. The van der Waals surface area contributed by atoms with Gasteiger partial charge in [0.25, 0.3) is 0 Å². The van der Waals surface area contributed by atoms with E-state index in [1.54, 1.807) is 21.1 Å². The van der Waals surface area contributed by atoms with E-state index < -0.39 is 0 Å². The highest BCUT2D eigenvalue weighted by molar-refractivity contribution is 9.10. The number of hydrogen-bond donors (Lipinski definition) is 0. The molecule has 0 saturated carbocycles. The maximum absolute atomic E-state index is 12.7. The van der Waals surface area contributed by atoms with Crippen LogP contribution in [0.1, 0.15) is 25.5 Å². The van der Waals surface area contributed by atoms with Gasteiger partial charge in [-0.1, -0.05) is 11.8 Å². The topological polar surface area (TPSA) is 60.4 Å². The SMILES string of the molecule is CCOC(=O)C1=C(C)N=C2SC=CN2[C@@H]1c1cc(Br)c(OC)c(OC)c1. The molecule has 26 heavy (non-hydrogen) atoms. The highest BCUT2D eigenvalue weighted by atomic mass is 79.9. The fourth-order valence-electron chi connectivity index (χ4n) is 2.99. The Kier molecular flexibility index (Phi) is 5.62. The Balaban J connectivity index is 2.16. The normalized spacial score (nSPS) is 18.6. The van der Waals surface area contributed by atoms with Crippen LogP contribution in [0.25, 0.3) is 0 Å². The molecule has 1 aromatic carbocycles. The van der Waals surface area contributed by atoms with Crippen molar-refractivity contribution in [3.8, 4) is 11.5 Å². The first-order chi connectivity index (χ1) is 12.5. The number of fused-ring (bicyclic) bond motifs is 1. The van der Waals surface area contributed by atoms with Gasteiger partial charge < -0.3 is 19.1 Å². The monoisotopic (exact) mass is 438 g/mol. The number of methoxy groups -OCH3 is 2. The summed E-state index contributed by atoms with van der Waals surface area (Å²) in [5.41, 5.74) is 2.04. The smallest absolute Gasteiger partial charge is 0.338 e. The van der Waals surface area contributed by atoms with Crippen molar-refractivity contribution in [1.29, 1.82) is 0 Å². The lowest BCUT2D eigenvalue weighted by atomic mass is 9.94. The van der Waals surface area contributed by atoms with E-state index in [4.69, 9.17) is 14.2 Å². The molecule has 2 aliphatic rings. The summed E-state index contributed by atoms with van der Waals surface area (Å²) >= 11 is 5.05. The second-order valence-electron chi connectivity index (χ2n) is 5.56. The first kappa shape index (κ1) is 18.8. The largest absolute Gasteiger partial charge is 0.493 e. The molecule has 0 aromatic heterocycles. The molecule has 0 N–H and O–H groups in total. The van der Waals surface area contributed by atoms with Gasteiger partial charge in [-0.2, -0.15) is 0 Å². The van der Waals surface area contributed by atoms with Gasteiger partial charge >= 0.3 is 5.97 Å². The lowest BCUT2D eigenvalue weighted by Crippen LogP contribution is -2.34. The van der Waals surface area contributed by atoms with Gasteiger partial charge in [0.05, 0.1) is 42.6 Å². The summed E-state index contributed by atoms with van der Waals surface area (Å²) in [5.74, 6) is 0.817. The number of ether oxygens (including phenoxy) is 3. The average molecular weight is 439 g/mol. The van der Waals surface area contributed by atoms with Crippen LogP contribution in [0.15, 0.2) is 44.5 Å². The van der Waals surface area contributed by atoms with Crippen LogP contribution in [0, 0.1) is 0 Å². The van der Waals surface area contributed by atoms with Crippen molar-refractivity contribution in [3.63, 3.8) is 0 Å². The molecule has 1 atom stereocenters. The number of halogens is 1. The fraction of sp³-hybridized carbons (Fsp3) is 0.333. The Hall–Kier alpha value is -1.93. The molecule has 138 valence electrons. The predicted octanol–water partition coefficient (Wildman–Crippen LogP) is 4.23. The zero-order valence-corrected chi connectivity index (χ0v) is 17.3. The first-order valence-electron chi connectivity index (χ1n) is 8.01. The molecule has 1 aromatic rings. The molecule has 2 heterocycles. The summed E-state index contributed by atoms with van der Waals surface area (Å²) in [6.07, 6.45) is 1.92. The summed E-state index contributed by atoms with van der Waals surface area (Å²) in [4.78, 5) is 19.2. The molecule has 8 heteroatoms. The highest BCUT2D eigenvalue weighted by Gasteiger charge is 2.38. The van der Waals surface area contributed by atoms with E-state index in [-0.39, 0.29) is 12.0 Å². The summed E-state index contributed by atoms with van der Waals surface area (Å²) < 4.78 is 16.9. The Morgan fingerprint density at radius 3 is 2.77 bits per heavy atom. The van der Waals surface area contributed by atoms with Crippen molar-refractivity contribution in [2.45, 2.75) is 19.9 Å². The lowest BCUT2D eigenvalue weighted by Gasteiger charge is -2.33. The molecule has 0 fully saturated rings. The van der Waals surface area contributed by atoms with E-state index >= 15 is 0 Å². The van der Waals surface area contributed by atoms with Crippen LogP contribution in [0.5, 0.6) is 11.5 Å². The number of thioether (sulfide) groups is 1. The second kappa shape index (κ2) is 7.75. The molecule has 0 saturated heterocycles. The van der Waals surface area contributed by atoms with E-state index in [9.17, 15) is 4.79 Å². The van der Waals surface area contributed by atoms with Crippen molar-refractivity contribution >= 4 is 38.8 Å². The van der Waals surface area contributed by atoms with Crippen LogP contribution >= 0.6 is 27.7 Å². The molecule has 0 unspecified atom stereocenters. The number of aliphatic imine (C=N–C) groups is 1. The molecule has 3 rings (SSSR count). The van der Waals surface area contributed by atoms with Gasteiger partial charge in [0.15, 0.2) is 16.7 Å². The maximum atomic E-state index is 12.7. The van der Waals surface area contributed by atoms with Crippen LogP contribution in [0.2, 0.25) is 0 Å². The molecule has 0 bridgehead atoms. The highest BCUT2D eigenvalue weighted by Crippen LogP contribution is 2.45. The summed E-state index contributed by atoms with van der Waals surface area (Å²) in [6.45, 7) is 3.93. The number of amidine groups is 1. The van der Waals surface area contributed by atoms with Gasteiger partial charge in [-0.3, -0.25) is 0 Å². The van der Waals surface area contributed by atoms with E-state index in [0.29, 0.717) is 29.4 Å². The summed E-state index contributed by atoms with van der Waals surface area (Å²) in [7, 11) is 3.17. The van der Waals surface area contributed by atoms with Gasteiger partial charge in [0.1, 0.15) is 0 Å². The molecular weight excluding hydrogens is 420 g/mol. The summed E-state index contributed by atoms with van der Waals surface area (Å²) in [6, 6.07) is 3.45. The third kappa shape index (κ3) is 3.23. The molecule has 0 aliphatic carbocycles. The van der Waals surface area contributed by atoms with Crippen LogP contribution in [-0.2, 0) is 9.53 Å². The van der Waals surface area contributed by atoms with Crippen LogP contribution in [-0.4, -0.2) is 36.9 Å². The average Bonchev–Trinajstić information content (AvgIpc) is 3.07. The van der Waals surface area contributed by atoms with Gasteiger partial charge in [0, 0.05) is 6.20 Å². The van der Waals surface area contributed by atoms with Crippen molar-refractivity contribution < 1.29 is 19.0 Å². The standard InChI is InChI=1S/C18H19BrN2O4S/c1-5-25-17(22)14-10(2)20-18-21(6-7-26-18)15(14)11-8-12(19)16(24-4)13(9-11)23-3/h6-9,15H,5H2,1-4H3/t15-/m1/s1. The number of nitrogens with zero attached hydrogens (tertiary/aromatic N) is 2. The Bertz CT molecular complexity index is 835. The minimum atomic E-state index is -0.367. The third-order valence-electron chi connectivity index (χ3n) is 4.09. The molecule has 0 spiro atoms. The van der Waals surface area contributed by atoms with Crippen LogP contribution < -0.4 is 9.47 Å². The van der Waals surface area contributed by atoms with Crippen LogP contribution in [0.4, 0.5) is 0 Å². The van der Waals surface area contributed by atoms with Gasteiger partial charge in [-0.25, -0.2) is 9.79 Å². The number of benzene rings is 1.